The summed E-state index contributed by atoms with van der Waals surface area (Å²) in [5.41, 5.74) is 2.07. The van der Waals surface area contributed by atoms with Gasteiger partial charge in [0, 0.05) is 56.6 Å². The second-order valence-corrected chi connectivity index (χ2v) is 7.45. The predicted molar refractivity (Wildman–Crippen MR) is 111 cm³/mol. The first-order valence-corrected chi connectivity index (χ1v) is 10.5. The Hall–Kier alpha value is -2.28. The van der Waals surface area contributed by atoms with Crippen molar-refractivity contribution in [2.75, 3.05) is 49.5 Å². The zero-order valence-electron chi connectivity index (χ0n) is 16.8. The SMILES string of the molecule is CCOC(=O)N1CCC(NCCC(=O)Nc2ccc(N3CCCC3)cc2)CC1. The van der Waals surface area contributed by atoms with Crippen LogP contribution >= 0.6 is 0 Å². The second-order valence-electron chi connectivity index (χ2n) is 7.45. The van der Waals surface area contributed by atoms with Crippen molar-refractivity contribution in [1.82, 2.24) is 10.2 Å². The lowest BCUT2D eigenvalue weighted by Crippen LogP contribution is -2.45. The highest BCUT2D eigenvalue weighted by molar-refractivity contribution is 5.91. The maximum absolute atomic E-state index is 12.2. The molecule has 154 valence electrons. The van der Waals surface area contributed by atoms with Crippen LogP contribution in [0.2, 0.25) is 0 Å². The molecular formula is C21H32N4O3. The fraction of sp³-hybridized carbons (Fsp3) is 0.619. The number of anilines is 2. The van der Waals surface area contributed by atoms with Crippen LogP contribution in [0.25, 0.3) is 0 Å². The van der Waals surface area contributed by atoms with E-state index in [9.17, 15) is 9.59 Å². The molecule has 7 heteroatoms. The minimum atomic E-state index is -0.226. The van der Waals surface area contributed by atoms with Gasteiger partial charge in [-0.25, -0.2) is 4.79 Å². The summed E-state index contributed by atoms with van der Waals surface area (Å²) < 4.78 is 5.03. The molecule has 0 bridgehead atoms. The fourth-order valence-electron chi connectivity index (χ4n) is 3.83. The maximum Gasteiger partial charge on any atom is 0.409 e. The van der Waals surface area contributed by atoms with E-state index in [0.717, 1.165) is 31.6 Å². The number of carbonyl (C=O) groups is 2. The number of hydrogen-bond donors (Lipinski definition) is 2. The van der Waals surface area contributed by atoms with Crippen LogP contribution in [0.3, 0.4) is 0 Å². The van der Waals surface area contributed by atoms with E-state index < -0.39 is 0 Å². The molecule has 0 spiro atoms. The minimum absolute atomic E-state index is 0.0189. The van der Waals surface area contributed by atoms with E-state index in [1.165, 1.54) is 18.5 Å². The van der Waals surface area contributed by atoms with Gasteiger partial charge in [-0.3, -0.25) is 4.79 Å². The highest BCUT2D eigenvalue weighted by Crippen LogP contribution is 2.22. The van der Waals surface area contributed by atoms with Gasteiger partial charge in [0.15, 0.2) is 0 Å². The standard InChI is InChI=1S/C21H32N4O3/c1-2-28-21(27)25-15-10-17(11-16-25)22-12-9-20(26)23-18-5-7-19(8-6-18)24-13-3-4-14-24/h5-8,17,22H,2-4,9-16H2,1H3,(H,23,26). The van der Waals surface area contributed by atoms with Crippen LogP contribution in [-0.2, 0) is 9.53 Å². The molecule has 28 heavy (non-hydrogen) atoms. The summed E-state index contributed by atoms with van der Waals surface area (Å²) in [5.74, 6) is 0.0189. The van der Waals surface area contributed by atoms with Gasteiger partial charge in [0.2, 0.25) is 5.91 Å². The number of likely N-dealkylation sites (tertiary alicyclic amines) is 1. The smallest absolute Gasteiger partial charge is 0.409 e. The normalized spacial score (nSPS) is 17.6. The Kier molecular flexibility index (Phi) is 7.54. The molecular weight excluding hydrogens is 356 g/mol. The third-order valence-corrected chi connectivity index (χ3v) is 5.43. The molecule has 0 aromatic heterocycles. The van der Waals surface area contributed by atoms with Crippen LogP contribution in [0.4, 0.5) is 16.2 Å². The summed E-state index contributed by atoms with van der Waals surface area (Å²) >= 11 is 0. The Labute approximate surface area is 167 Å². The molecule has 2 amide bonds. The van der Waals surface area contributed by atoms with Gasteiger partial charge in [0.1, 0.15) is 0 Å². The van der Waals surface area contributed by atoms with Gasteiger partial charge in [-0.2, -0.15) is 0 Å². The van der Waals surface area contributed by atoms with Crippen molar-refractivity contribution < 1.29 is 14.3 Å². The topological polar surface area (TPSA) is 73.9 Å². The van der Waals surface area contributed by atoms with Crippen LogP contribution < -0.4 is 15.5 Å². The summed E-state index contributed by atoms with van der Waals surface area (Å²) in [7, 11) is 0. The summed E-state index contributed by atoms with van der Waals surface area (Å²) in [6.07, 6.45) is 4.50. The number of hydrogen-bond acceptors (Lipinski definition) is 5. The van der Waals surface area contributed by atoms with E-state index in [1.54, 1.807) is 4.90 Å². The Morgan fingerprint density at radius 3 is 2.39 bits per heavy atom. The number of piperidine rings is 1. The van der Waals surface area contributed by atoms with E-state index in [2.05, 4.69) is 27.7 Å². The molecule has 0 radical (unpaired) electrons. The highest BCUT2D eigenvalue weighted by atomic mass is 16.6. The summed E-state index contributed by atoms with van der Waals surface area (Å²) in [6, 6.07) is 8.46. The highest BCUT2D eigenvalue weighted by Gasteiger charge is 2.23. The van der Waals surface area contributed by atoms with Crippen LogP contribution in [0.15, 0.2) is 24.3 Å². The van der Waals surface area contributed by atoms with Crippen LogP contribution in [0.5, 0.6) is 0 Å². The lowest BCUT2D eigenvalue weighted by atomic mass is 10.1. The molecule has 2 heterocycles. The molecule has 7 nitrogen and oxygen atoms in total. The van der Waals surface area contributed by atoms with Crippen molar-refractivity contribution in [2.24, 2.45) is 0 Å². The molecule has 2 aliphatic heterocycles. The van der Waals surface area contributed by atoms with Gasteiger partial charge in [0.05, 0.1) is 6.61 Å². The number of nitrogens with one attached hydrogen (secondary N) is 2. The number of benzene rings is 1. The van der Waals surface area contributed by atoms with Crippen molar-refractivity contribution in [3.8, 4) is 0 Å². The monoisotopic (exact) mass is 388 g/mol. The minimum Gasteiger partial charge on any atom is -0.450 e. The lowest BCUT2D eigenvalue weighted by Gasteiger charge is -2.31. The van der Waals surface area contributed by atoms with Crippen molar-refractivity contribution in [1.29, 1.82) is 0 Å². The largest absolute Gasteiger partial charge is 0.450 e. The van der Waals surface area contributed by atoms with Crippen molar-refractivity contribution in [2.45, 2.75) is 45.1 Å². The van der Waals surface area contributed by atoms with E-state index in [0.29, 0.717) is 38.7 Å². The van der Waals surface area contributed by atoms with E-state index in [-0.39, 0.29) is 12.0 Å². The van der Waals surface area contributed by atoms with Gasteiger partial charge in [-0.1, -0.05) is 0 Å². The van der Waals surface area contributed by atoms with E-state index in [1.807, 2.05) is 19.1 Å². The van der Waals surface area contributed by atoms with Crippen molar-refractivity contribution in [3.05, 3.63) is 24.3 Å². The van der Waals surface area contributed by atoms with Gasteiger partial charge in [-0.05, 0) is 56.9 Å². The summed E-state index contributed by atoms with van der Waals surface area (Å²) in [6.45, 7) is 6.51. The van der Waals surface area contributed by atoms with Crippen molar-refractivity contribution >= 4 is 23.4 Å². The first-order valence-electron chi connectivity index (χ1n) is 10.5. The van der Waals surface area contributed by atoms with Crippen LogP contribution in [0, 0.1) is 0 Å². The molecule has 1 aromatic carbocycles. The predicted octanol–water partition coefficient (Wildman–Crippen LogP) is 2.83. The Bertz CT molecular complexity index is 636. The molecule has 2 fully saturated rings. The lowest BCUT2D eigenvalue weighted by molar-refractivity contribution is -0.116. The van der Waals surface area contributed by atoms with Crippen LogP contribution in [-0.4, -0.2) is 62.3 Å². The quantitative estimate of drug-likeness (QED) is 0.751. The fourth-order valence-corrected chi connectivity index (χ4v) is 3.83. The zero-order chi connectivity index (χ0) is 19.8. The van der Waals surface area contributed by atoms with E-state index >= 15 is 0 Å². The Morgan fingerprint density at radius 2 is 1.75 bits per heavy atom. The first-order chi connectivity index (χ1) is 13.7. The van der Waals surface area contributed by atoms with E-state index in [4.69, 9.17) is 4.74 Å². The average molecular weight is 389 g/mol. The summed E-state index contributed by atoms with van der Waals surface area (Å²) in [5, 5.41) is 6.40. The molecule has 0 aliphatic carbocycles. The zero-order valence-corrected chi connectivity index (χ0v) is 16.8. The molecule has 2 aliphatic rings. The second kappa shape index (κ2) is 10.3. The molecule has 2 N–H and O–H groups in total. The summed E-state index contributed by atoms with van der Waals surface area (Å²) in [4.78, 5) is 28.0. The number of rotatable bonds is 7. The maximum atomic E-state index is 12.2. The Balaban J connectivity index is 1.32. The van der Waals surface area contributed by atoms with Gasteiger partial charge >= 0.3 is 6.09 Å². The van der Waals surface area contributed by atoms with Gasteiger partial charge in [-0.15, -0.1) is 0 Å². The van der Waals surface area contributed by atoms with Crippen molar-refractivity contribution in [3.63, 3.8) is 0 Å². The number of nitrogens with zero attached hydrogens (tertiary/aromatic N) is 2. The first kappa shape index (κ1) is 20.5. The van der Waals surface area contributed by atoms with Gasteiger partial charge in [0.25, 0.3) is 0 Å². The van der Waals surface area contributed by atoms with Crippen LogP contribution in [0.1, 0.15) is 39.0 Å². The third-order valence-electron chi connectivity index (χ3n) is 5.43. The molecule has 0 atom stereocenters. The Morgan fingerprint density at radius 1 is 1.07 bits per heavy atom. The molecule has 1 aromatic rings. The molecule has 2 saturated heterocycles. The number of ether oxygens (including phenoxy) is 1. The number of amides is 2. The molecule has 0 unspecified atom stereocenters. The molecule has 3 rings (SSSR count). The third kappa shape index (κ3) is 5.86. The number of carbonyl (C=O) groups excluding carboxylic acids is 2. The average Bonchev–Trinajstić information content (AvgIpc) is 3.24. The molecule has 0 saturated carbocycles. The van der Waals surface area contributed by atoms with Gasteiger partial charge < -0.3 is 25.2 Å².